The van der Waals surface area contributed by atoms with Gasteiger partial charge in [-0.05, 0) is 12.8 Å². The van der Waals surface area contributed by atoms with E-state index in [1.165, 1.54) is 12.8 Å². The van der Waals surface area contributed by atoms with E-state index in [4.69, 9.17) is 0 Å². The lowest BCUT2D eigenvalue weighted by molar-refractivity contribution is 0.268. The zero-order valence-electron chi connectivity index (χ0n) is 6.21. The molecule has 0 aromatic rings. The molecule has 58 valence electrons. The summed E-state index contributed by atoms with van der Waals surface area (Å²) in [5.74, 6) is 0. The summed E-state index contributed by atoms with van der Waals surface area (Å²) in [7, 11) is 0. The SMILES string of the molecule is CCCCCC=NC(=O)S. The topological polar surface area (TPSA) is 29.4 Å². The molecule has 0 aromatic carbocycles. The molecule has 10 heavy (non-hydrogen) atoms. The number of unbranched alkanes of at least 4 members (excludes halogenated alkanes) is 3. The van der Waals surface area contributed by atoms with Crippen LogP contribution in [0, 0.1) is 0 Å². The highest BCUT2D eigenvalue weighted by Gasteiger charge is 1.84. The van der Waals surface area contributed by atoms with Crippen LogP contribution in [0.5, 0.6) is 0 Å². The second-order valence-corrected chi connectivity index (χ2v) is 2.47. The summed E-state index contributed by atoms with van der Waals surface area (Å²) >= 11 is 3.49. The highest BCUT2D eigenvalue weighted by molar-refractivity contribution is 7.96. The van der Waals surface area contributed by atoms with Crippen LogP contribution in [0.4, 0.5) is 4.79 Å². The fraction of sp³-hybridized carbons (Fsp3) is 0.714. The molecule has 0 unspecified atom stereocenters. The van der Waals surface area contributed by atoms with Crippen LogP contribution in [0.1, 0.15) is 32.6 Å². The number of amides is 1. The zero-order chi connectivity index (χ0) is 7.82. The highest BCUT2D eigenvalue weighted by Crippen LogP contribution is 1.96. The van der Waals surface area contributed by atoms with Gasteiger partial charge >= 0.3 is 5.24 Å². The number of carbonyl (C=O) groups is 1. The van der Waals surface area contributed by atoms with Crippen LogP contribution in [0.25, 0.3) is 0 Å². The van der Waals surface area contributed by atoms with Gasteiger partial charge in [0.05, 0.1) is 0 Å². The Balaban J connectivity index is 3.10. The summed E-state index contributed by atoms with van der Waals surface area (Å²) in [5, 5.41) is -0.406. The van der Waals surface area contributed by atoms with E-state index >= 15 is 0 Å². The Morgan fingerprint density at radius 3 is 2.80 bits per heavy atom. The summed E-state index contributed by atoms with van der Waals surface area (Å²) in [6, 6.07) is 0. The number of aliphatic imine (C=N–C) groups is 1. The Bertz CT molecular complexity index is 123. The molecule has 0 aliphatic rings. The Labute approximate surface area is 67.1 Å². The average molecular weight is 159 g/mol. The number of hydrogen-bond donors (Lipinski definition) is 1. The Kier molecular flexibility index (Phi) is 6.59. The van der Waals surface area contributed by atoms with E-state index in [9.17, 15) is 4.79 Å². The van der Waals surface area contributed by atoms with E-state index in [-0.39, 0.29) is 0 Å². The van der Waals surface area contributed by atoms with Crippen LogP contribution < -0.4 is 0 Å². The molecular formula is C7H13NOS. The first-order valence-corrected chi connectivity index (χ1v) is 3.97. The van der Waals surface area contributed by atoms with Gasteiger partial charge in [-0.3, -0.25) is 4.79 Å². The van der Waals surface area contributed by atoms with Crippen molar-refractivity contribution in [3.63, 3.8) is 0 Å². The van der Waals surface area contributed by atoms with Crippen LogP contribution in [-0.2, 0) is 0 Å². The Hall–Kier alpha value is -0.310. The van der Waals surface area contributed by atoms with Gasteiger partial charge in [-0.1, -0.05) is 32.4 Å². The van der Waals surface area contributed by atoms with E-state index < -0.39 is 5.24 Å². The fourth-order valence-electron chi connectivity index (χ4n) is 0.628. The summed E-state index contributed by atoms with van der Waals surface area (Å²) in [6.45, 7) is 2.14. The number of hydrogen-bond acceptors (Lipinski definition) is 1. The minimum Gasteiger partial charge on any atom is -0.260 e. The van der Waals surface area contributed by atoms with E-state index in [1.54, 1.807) is 6.21 Å². The van der Waals surface area contributed by atoms with Gasteiger partial charge in [0.2, 0.25) is 0 Å². The standard InChI is InChI=1S/C7H13NOS/c1-2-3-4-5-6-8-7(9)10/h6H,2-5H2,1H3,(H,9,10). The second-order valence-electron chi connectivity index (χ2n) is 2.09. The van der Waals surface area contributed by atoms with E-state index in [0.717, 1.165) is 12.8 Å². The van der Waals surface area contributed by atoms with Crippen molar-refractivity contribution in [3.05, 3.63) is 0 Å². The summed E-state index contributed by atoms with van der Waals surface area (Å²) in [4.78, 5) is 13.6. The molecule has 0 atom stereocenters. The molecule has 0 saturated heterocycles. The molecule has 0 heterocycles. The zero-order valence-corrected chi connectivity index (χ0v) is 7.10. The van der Waals surface area contributed by atoms with Gasteiger partial charge in [-0.2, -0.15) is 0 Å². The number of thiol groups is 1. The van der Waals surface area contributed by atoms with Gasteiger partial charge in [-0.15, -0.1) is 0 Å². The van der Waals surface area contributed by atoms with Gasteiger partial charge in [0.15, 0.2) is 0 Å². The van der Waals surface area contributed by atoms with Crippen molar-refractivity contribution < 1.29 is 4.79 Å². The minimum atomic E-state index is -0.406. The maximum Gasteiger partial charge on any atom is 0.301 e. The largest absolute Gasteiger partial charge is 0.301 e. The molecule has 0 rings (SSSR count). The van der Waals surface area contributed by atoms with Crippen molar-refractivity contribution in [2.24, 2.45) is 4.99 Å². The van der Waals surface area contributed by atoms with Crippen molar-refractivity contribution in [3.8, 4) is 0 Å². The van der Waals surface area contributed by atoms with Gasteiger partial charge < -0.3 is 0 Å². The molecule has 0 saturated carbocycles. The molecular weight excluding hydrogens is 146 g/mol. The van der Waals surface area contributed by atoms with Gasteiger partial charge in [0, 0.05) is 6.21 Å². The first-order valence-electron chi connectivity index (χ1n) is 3.52. The summed E-state index contributed by atoms with van der Waals surface area (Å²) < 4.78 is 0. The predicted molar refractivity (Wildman–Crippen MR) is 47.0 cm³/mol. The first kappa shape index (κ1) is 9.69. The number of carbonyl (C=O) groups excluding carboxylic acids is 1. The average Bonchev–Trinajstić information content (AvgIpc) is 1.87. The summed E-state index contributed by atoms with van der Waals surface area (Å²) in [6.07, 6.45) is 6.03. The van der Waals surface area contributed by atoms with Crippen LogP contribution in [-0.4, -0.2) is 11.5 Å². The third kappa shape index (κ3) is 7.69. The lowest BCUT2D eigenvalue weighted by atomic mass is 10.2. The van der Waals surface area contributed by atoms with Crippen LogP contribution in [0.2, 0.25) is 0 Å². The van der Waals surface area contributed by atoms with Crippen LogP contribution in [0.3, 0.4) is 0 Å². The molecule has 0 N–H and O–H groups in total. The van der Waals surface area contributed by atoms with Crippen molar-refractivity contribution in [2.45, 2.75) is 32.6 Å². The van der Waals surface area contributed by atoms with E-state index in [1.807, 2.05) is 0 Å². The minimum absolute atomic E-state index is 0.406. The third-order valence-corrected chi connectivity index (χ3v) is 1.25. The van der Waals surface area contributed by atoms with E-state index in [0.29, 0.717) is 0 Å². The van der Waals surface area contributed by atoms with Crippen LogP contribution in [0.15, 0.2) is 4.99 Å². The van der Waals surface area contributed by atoms with Gasteiger partial charge in [0.25, 0.3) is 0 Å². The Morgan fingerprint density at radius 2 is 2.30 bits per heavy atom. The molecule has 0 aliphatic carbocycles. The lowest BCUT2D eigenvalue weighted by Gasteiger charge is -1.89. The van der Waals surface area contributed by atoms with Crippen LogP contribution >= 0.6 is 12.6 Å². The number of rotatable bonds is 4. The molecule has 1 amide bonds. The van der Waals surface area contributed by atoms with E-state index in [2.05, 4.69) is 24.5 Å². The lowest BCUT2D eigenvalue weighted by Crippen LogP contribution is -1.80. The monoisotopic (exact) mass is 159 g/mol. The first-order chi connectivity index (χ1) is 4.77. The van der Waals surface area contributed by atoms with Crippen molar-refractivity contribution in [1.29, 1.82) is 0 Å². The smallest absolute Gasteiger partial charge is 0.260 e. The molecule has 0 spiro atoms. The predicted octanol–water partition coefficient (Wildman–Crippen LogP) is 2.69. The third-order valence-electron chi connectivity index (χ3n) is 1.14. The van der Waals surface area contributed by atoms with Gasteiger partial charge in [-0.25, -0.2) is 4.99 Å². The molecule has 0 radical (unpaired) electrons. The quantitative estimate of drug-likeness (QED) is 0.381. The normalized spacial score (nSPS) is 10.6. The molecule has 0 bridgehead atoms. The van der Waals surface area contributed by atoms with Crippen molar-refractivity contribution in [1.82, 2.24) is 0 Å². The highest BCUT2D eigenvalue weighted by atomic mass is 32.1. The number of nitrogens with zero attached hydrogens (tertiary/aromatic N) is 1. The fourth-order valence-corrected chi connectivity index (χ4v) is 0.710. The maximum atomic E-state index is 10.1. The molecule has 0 aliphatic heterocycles. The molecule has 0 aromatic heterocycles. The molecule has 0 fully saturated rings. The van der Waals surface area contributed by atoms with Gasteiger partial charge in [0.1, 0.15) is 0 Å². The second kappa shape index (κ2) is 6.81. The maximum absolute atomic E-state index is 10.1. The van der Waals surface area contributed by atoms with Crippen molar-refractivity contribution in [2.75, 3.05) is 0 Å². The Morgan fingerprint density at radius 1 is 1.60 bits per heavy atom. The summed E-state index contributed by atoms with van der Waals surface area (Å²) in [5.41, 5.74) is 0. The molecule has 3 heteroatoms. The van der Waals surface area contributed by atoms with Crippen molar-refractivity contribution >= 4 is 24.1 Å². The molecule has 2 nitrogen and oxygen atoms in total.